The Balaban J connectivity index is 2.00. The van der Waals surface area contributed by atoms with Gasteiger partial charge < -0.3 is 0 Å². The predicted octanol–water partition coefficient (Wildman–Crippen LogP) is 4.41. The molecule has 8 nitrogen and oxygen atoms in total. The van der Waals surface area contributed by atoms with Crippen LogP contribution < -0.4 is 0 Å². The number of benzene rings is 2. The number of hydrogen-bond donors (Lipinski definition) is 0. The number of nitrogens with zero attached hydrogens (tertiary/aromatic N) is 8. The lowest BCUT2D eigenvalue weighted by molar-refractivity contribution is 0.195. The largest absolute Gasteiger partial charge is 0.290 e. The van der Waals surface area contributed by atoms with Crippen molar-refractivity contribution in [2.45, 2.75) is 12.3 Å². The smallest absolute Gasteiger partial charge is 0.0980 e. The standard InChI is InChI=1S/C24H36N8/c1-29(2)23(30(3)4)17-25-19-9-13-21(14-10-19)27-28-22-15-11-20(12-16-22)26-18-24(31(5)6)32(7)8/h9-18,23-24H,1-8H3. The first-order valence-electron chi connectivity index (χ1n) is 10.5. The van der Waals surface area contributed by atoms with Crippen LogP contribution in [0.2, 0.25) is 0 Å². The molecule has 0 amide bonds. The van der Waals surface area contributed by atoms with E-state index in [1.807, 2.05) is 117 Å². The zero-order valence-electron chi connectivity index (χ0n) is 20.5. The minimum absolute atomic E-state index is 0.137. The molecule has 0 fully saturated rings. The highest BCUT2D eigenvalue weighted by atomic mass is 15.3. The summed E-state index contributed by atoms with van der Waals surface area (Å²) in [6.45, 7) is 0. The lowest BCUT2D eigenvalue weighted by atomic mass is 10.3. The summed E-state index contributed by atoms with van der Waals surface area (Å²) in [5.74, 6) is 0. The summed E-state index contributed by atoms with van der Waals surface area (Å²) in [4.78, 5) is 17.5. The third kappa shape index (κ3) is 8.05. The molecule has 0 aliphatic carbocycles. The molecule has 0 heterocycles. The zero-order chi connectivity index (χ0) is 23.7. The molecule has 2 rings (SSSR count). The van der Waals surface area contributed by atoms with Crippen LogP contribution in [0.25, 0.3) is 0 Å². The van der Waals surface area contributed by atoms with Crippen molar-refractivity contribution in [2.24, 2.45) is 20.2 Å². The Kier molecular flexibility index (Phi) is 9.80. The molecule has 32 heavy (non-hydrogen) atoms. The van der Waals surface area contributed by atoms with Gasteiger partial charge in [0.25, 0.3) is 0 Å². The zero-order valence-corrected chi connectivity index (χ0v) is 20.5. The van der Waals surface area contributed by atoms with Crippen molar-refractivity contribution in [3.8, 4) is 0 Å². The molecule has 0 aliphatic heterocycles. The number of hydrogen-bond acceptors (Lipinski definition) is 8. The quantitative estimate of drug-likeness (QED) is 0.314. The van der Waals surface area contributed by atoms with Crippen molar-refractivity contribution in [3.05, 3.63) is 48.5 Å². The molecule has 0 atom stereocenters. The van der Waals surface area contributed by atoms with Crippen LogP contribution in [0, 0.1) is 0 Å². The van der Waals surface area contributed by atoms with E-state index in [2.05, 4.69) is 39.8 Å². The van der Waals surface area contributed by atoms with Crippen LogP contribution in [-0.2, 0) is 0 Å². The summed E-state index contributed by atoms with van der Waals surface area (Å²) < 4.78 is 0. The van der Waals surface area contributed by atoms with Gasteiger partial charge in [0, 0.05) is 12.4 Å². The summed E-state index contributed by atoms with van der Waals surface area (Å²) >= 11 is 0. The minimum Gasteiger partial charge on any atom is -0.290 e. The Hall–Kier alpha value is -2.78. The fourth-order valence-corrected chi connectivity index (χ4v) is 3.09. The molecule has 2 aromatic carbocycles. The van der Waals surface area contributed by atoms with Crippen LogP contribution in [0.5, 0.6) is 0 Å². The average Bonchev–Trinajstić information content (AvgIpc) is 2.73. The van der Waals surface area contributed by atoms with Gasteiger partial charge in [0.15, 0.2) is 0 Å². The highest BCUT2D eigenvalue weighted by molar-refractivity contribution is 5.69. The molecule has 0 unspecified atom stereocenters. The van der Waals surface area contributed by atoms with Gasteiger partial charge in [0.1, 0.15) is 0 Å². The topological polar surface area (TPSA) is 62.4 Å². The van der Waals surface area contributed by atoms with Crippen LogP contribution >= 0.6 is 0 Å². The molecule has 0 saturated carbocycles. The van der Waals surface area contributed by atoms with Gasteiger partial charge in [-0.05, 0) is 105 Å². The van der Waals surface area contributed by atoms with E-state index in [1.54, 1.807) is 0 Å². The van der Waals surface area contributed by atoms with Gasteiger partial charge in [0.2, 0.25) is 0 Å². The molecule has 2 aromatic rings. The van der Waals surface area contributed by atoms with Crippen LogP contribution in [0.4, 0.5) is 22.7 Å². The van der Waals surface area contributed by atoms with Crippen molar-refractivity contribution in [1.82, 2.24) is 19.6 Å². The highest BCUT2D eigenvalue weighted by Gasteiger charge is 2.10. The molecule has 0 N–H and O–H groups in total. The second-order valence-corrected chi connectivity index (χ2v) is 8.47. The van der Waals surface area contributed by atoms with E-state index in [0.29, 0.717) is 0 Å². The summed E-state index contributed by atoms with van der Waals surface area (Å²) in [5.41, 5.74) is 3.33. The van der Waals surface area contributed by atoms with Crippen LogP contribution in [0.3, 0.4) is 0 Å². The van der Waals surface area contributed by atoms with E-state index in [1.165, 1.54) is 0 Å². The molecule has 172 valence electrons. The summed E-state index contributed by atoms with van der Waals surface area (Å²) in [5, 5.41) is 8.65. The lowest BCUT2D eigenvalue weighted by Crippen LogP contribution is -2.41. The normalized spacial score (nSPS) is 13.1. The fraction of sp³-hybridized carbons (Fsp3) is 0.417. The molecule has 0 aromatic heterocycles. The Morgan fingerprint density at radius 1 is 0.469 bits per heavy atom. The molecular formula is C24H36N8. The SMILES string of the molecule is CN(C)C(C=Nc1ccc(N=Nc2ccc(N=CC(N(C)C)N(C)C)cc2)cc1)N(C)C. The van der Waals surface area contributed by atoms with Crippen LogP contribution in [0.1, 0.15) is 0 Å². The number of azo groups is 1. The van der Waals surface area contributed by atoms with Crippen molar-refractivity contribution in [3.63, 3.8) is 0 Å². The summed E-state index contributed by atoms with van der Waals surface area (Å²) in [6, 6.07) is 15.4. The van der Waals surface area contributed by atoms with Crippen LogP contribution in [0.15, 0.2) is 68.7 Å². The van der Waals surface area contributed by atoms with E-state index in [0.717, 1.165) is 22.7 Å². The number of rotatable bonds is 10. The van der Waals surface area contributed by atoms with Crippen molar-refractivity contribution < 1.29 is 0 Å². The van der Waals surface area contributed by atoms with Gasteiger partial charge in [-0.3, -0.25) is 29.6 Å². The van der Waals surface area contributed by atoms with Gasteiger partial charge in [0.05, 0.1) is 35.1 Å². The van der Waals surface area contributed by atoms with E-state index in [9.17, 15) is 0 Å². The van der Waals surface area contributed by atoms with E-state index in [-0.39, 0.29) is 12.3 Å². The summed E-state index contributed by atoms with van der Waals surface area (Å²) in [7, 11) is 16.2. The first-order chi connectivity index (χ1) is 15.2. The Morgan fingerprint density at radius 2 is 0.719 bits per heavy atom. The van der Waals surface area contributed by atoms with Gasteiger partial charge in [-0.1, -0.05) is 0 Å². The molecule has 0 aliphatic rings. The lowest BCUT2D eigenvalue weighted by Gasteiger charge is -2.26. The minimum atomic E-state index is 0.137. The Bertz CT molecular complexity index is 805. The fourth-order valence-electron chi connectivity index (χ4n) is 3.09. The highest BCUT2D eigenvalue weighted by Crippen LogP contribution is 2.23. The molecule has 0 radical (unpaired) electrons. The maximum Gasteiger partial charge on any atom is 0.0980 e. The molecule has 0 spiro atoms. The Labute approximate surface area is 192 Å². The van der Waals surface area contributed by atoms with Gasteiger partial charge in [-0.15, -0.1) is 0 Å². The molecule has 0 bridgehead atoms. The van der Waals surface area contributed by atoms with Crippen LogP contribution in [-0.4, -0.2) is 101 Å². The predicted molar refractivity (Wildman–Crippen MR) is 136 cm³/mol. The second-order valence-electron chi connectivity index (χ2n) is 8.47. The Morgan fingerprint density at radius 3 is 0.969 bits per heavy atom. The van der Waals surface area contributed by atoms with Gasteiger partial charge in [-0.2, -0.15) is 10.2 Å². The van der Waals surface area contributed by atoms with Crippen molar-refractivity contribution in [1.29, 1.82) is 0 Å². The summed E-state index contributed by atoms with van der Waals surface area (Å²) in [6.07, 6.45) is 4.14. The third-order valence-corrected chi connectivity index (χ3v) is 4.81. The maximum atomic E-state index is 4.57. The molecule has 8 heteroatoms. The van der Waals surface area contributed by atoms with Gasteiger partial charge in [-0.25, -0.2) is 0 Å². The first-order valence-corrected chi connectivity index (χ1v) is 10.5. The van der Waals surface area contributed by atoms with Crippen molar-refractivity contribution in [2.75, 3.05) is 56.4 Å². The van der Waals surface area contributed by atoms with Gasteiger partial charge >= 0.3 is 0 Å². The third-order valence-electron chi connectivity index (χ3n) is 4.81. The molecule has 0 saturated heterocycles. The first kappa shape index (κ1) is 25.5. The molecular weight excluding hydrogens is 400 g/mol. The monoisotopic (exact) mass is 436 g/mol. The van der Waals surface area contributed by atoms with E-state index < -0.39 is 0 Å². The van der Waals surface area contributed by atoms with Crippen molar-refractivity contribution >= 4 is 35.2 Å². The number of aliphatic imine (C=N–C) groups is 2. The maximum absolute atomic E-state index is 4.57. The average molecular weight is 437 g/mol. The second kappa shape index (κ2) is 12.3. The van der Waals surface area contributed by atoms with E-state index >= 15 is 0 Å². The van der Waals surface area contributed by atoms with E-state index in [4.69, 9.17) is 0 Å².